The zero-order valence-electron chi connectivity index (χ0n) is 77.8. The Balaban J connectivity index is 0.000000180. The number of H-pyrrole nitrogens is 2. The van der Waals surface area contributed by atoms with Gasteiger partial charge in [0.1, 0.15) is 48.4 Å². The van der Waals surface area contributed by atoms with E-state index in [1.165, 1.54) is 21.6 Å². The van der Waals surface area contributed by atoms with E-state index < -0.39 is 58.7 Å². The number of nitrogens with one attached hydrogen (secondary N) is 6. The average molecular weight is 1900 g/mol. The standard InChI is InChI=1S/C25H24N2O3.C14H17N3O3.C14H15N3O2.C12H11N3O2.C10H12N2O2.C10H12N2O.C10H10O2.C6H11NO3.ClH.Li.H2O/c1-27-21-9-5-6-10-22(21)30-16-20(24(27)29)26-23(28)17-11-12-19(15-17)25(13-14-25)18-7-3-2-4-8-18;1-2-20-12(18)11(15)16-17-13(19)14(8-9-14)10-6-4-3-5-7-10;1-2-19-12(18)11-15-13(17-16-11)14(8-9-14)10-6-4-3-5-7-10;16-10(17)9-13-11(15-14-9)12(6-7-12)8-4-2-1-3-5-8;1-12-8-4-2-3-5-9(8)14-6-7(11)10(12)13;11-12-9(13)10(6-7-10)8-4-2-1-3-5-8;11-9(12)10(6-7-10)8-4-2-1-3-5-8;1-3-9-5(7)6(8)10-4-2;;;/h2-12,20H,13-16H2,1H3,(H,26,28);3-7H,2,8-9H2,1H3,(H2,15,16)(H,17,19);3-7H,2,8-9H2,1H3,(H,15,16,17);1-5H,6-7H2,(H,16,17)(H,13,14,15);2-5,7H,6,11H2,1H3;1-5H,6-7,11H2,(H,12,13);1-5H,6-7H2,(H,11,12);7H,3-4H2,1-2H3;1H;;1H2/q;;;;;;;;;+1;/p-1/t20-;;;;7-;;;;;;/m0...0....../s1. The van der Waals surface area contributed by atoms with Crippen molar-refractivity contribution in [3.63, 3.8) is 0 Å². The zero-order valence-corrected chi connectivity index (χ0v) is 78.6. The number of hydrazine groups is 1. The largest absolute Gasteiger partial charge is 1.00 e. The normalized spacial score (nSPS) is 17.4. The van der Waals surface area contributed by atoms with E-state index in [9.17, 15) is 47.9 Å². The number of amidine groups is 1. The number of aromatic carboxylic acids is 1. The molecule has 0 radical (unpaired) electrons. The number of carbonyl (C=O) groups is 10. The Kier molecular flexibility index (Phi) is 37.9. The van der Waals surface area contributed by atoms with Gasteiger partial charge in [-0.3, -0.25) is 49.8 Å². The molecular weight excluding hydrogens is 1780 g/mol. The number of carbonyl (C=O) groups excluding carboxylic acids is 8. The van der Waals surface area contributed by atoms with Gasteiger partial charge >= 0.3 is 48.7 Å². The number of allylic oxidation sites excluding steroid dienone is 3. The number of hydrazone groups is 1. The van der Waals surface area contributed by atoms with Crippen molar-refractivity contribution in [3.05, 3.63) is 310 Å². The number of ether oxygens (including phenoxy) is 6. The molecule has 6 fully saturated rings. The van der Waals surface area contributed by atoms with Crippen molar-refractivity contribution in [2.24, 2.45) is 22.4 Å². The van der Waals surface area contributed by atoms with Crippen molar-refractivity contribution in [2.45, 2.75) is 156 Å². The number of anilines is 2. The second-order valence-corrected chi connectivity index (χ2v) is 33.2. The van der Waals surface area contributed by atoms with Crippen molar-refractivity contribution >= 4 is 94.9 Å². The second kappa shape index (κ2) is 48.8. The molecule has 9 aliphatic rings. The molecule has 8 aromatic carbocycles. The maximum atomic E-state index is 12.9. The molecule has 0 unspecified atom stereocenters. The smallest absolute Gasteiger partial charge is 0.870 e. The number of fused-ring (bicyclic) bond motifs is 2. The van der Waals surface area contributed by atoms with E-state index in [2.05, 4.69) is 108 Å². The summed E-state index contributed by atoms with van der Waals surface area (Å²) in [6, 6.07) is 72.9. The summed E-state index contributed by atoms with van der Waals surface area (Å²) in [5.41, 5.74) is 24.1. The Hall–Kier alpha value is -14.5. The molecular formula is C101H114ClLiN16O19. The number of aromatic nitrogens is 6. The van der Waals surface area contributed by atoms with Crippen LogP contribution in [0, 0.1) is 5.41 Å². The molecule has 6 saturated carbocycles. The Labute approximate surface area is 816 Å². The van der Waals surface area contributed by atoms with Gasteiger partial charge in [0.2, 0.25) is 23.6 Å². The minimum atomic E-state index is -1.10. The van der Waals surface area contributed by atoms with E-state index in [1.807, 2.05) is 200 Å². The van der Waals surface area contributed by atoms with E-state index in [-0.39, 0.29) is 132 Å². The molecule has 35 nitrogen and oxygen atoms in total. The number of aliphatic carboxylic acids is 1. The van der Waals surface area contributed by atoms with Gasteiger partial charge in [-0.2, -0.15) is 0 Å². The monoisotopic (exact) mass is 1900 g/mol. The molecule has 720 valence electrons. The van der Waals surface area contributed by atoms with Crippen LogP contribution < -0.4 is 71.6 Å². The van der Waals surface area contributed by atoms with Gasteiger partial charge in [-0.05, 0) is 169 Å². The van der Waals surface area contributed by atoms with Crippen LogP contribution in [0.15, 0.2) is 259 Å². The van der Waals surface area contributed by atoms with Crippen LogP contribution in [-0.2, 0) is 89.8 Å². The molecule has 19 rings (SSSR count). The number of aromatic amines is 2. The van der Waals surface area contributed by atoms with Gasteiger partial charge < -0.3 is 70.7 Å². The fraction of sp³-hybridized carbons (Fsp3) is 0.327. The van der Waals surface area contributed by atoms with Crippen molar-refractivity contribution in [1.82, 2.24) is 46.5 Å². The van der Waals surface area contributed by atoms with Crippen LogP contribution >= 0.6 is 12.4 Å². The minimum Gasteiger partial charge on any atom is -0.870 e. The van der Waals surface area contributed by atoms with Crippen LogP contribution in [-0.4, -0.2) is 183 Å². The summed E-state index contributed by atoms with van der Waals surface area (Å²) in [5.74, 6) is 2.53. The number of para-hydroxylation sites is 4. The molecule has 2 atom stereocenters. The number of esters is 3. The fourth-order valence-corrected chi connectivity index (χ4v) is 16.0. The molecule has 0 spiro atoms. The molecule has 7 aliphatic carbocycles. The number of amides is 5. The fourth-order valence-electron chi connectivity index (χ4n) is 16.0. The maximum absolute atomic E-state index is 12.9. The third kappa shape index (κ3) is 25.8. The van der Waals surface area contributed by atoms with Crippen molar-refractivity contribution in [1.29, 1.82) is 5.41 Å². The molecule has 4 heterocycles. The molecule has 15 N–H and O–H groups in total. The molecule has 5 amide bonds. The first-order valence-electron chi connectivity index (χ1n) is 44.6. The van der Waals surface area contributed by atoms with Crippen LogP contribution in [0.3, 0.4) is 0 Å². The van der Waals surface area contributed by atoms with Gasteiger partial charge in [-0.15, -0.1) is 27.7 Å². The number of nitrogens with zero attached hydrogens (tertiary/aromatic N) is 7. The number of halogens is 1. The van der Waals surface area contributed by atoms with Crippen molar-refractivity contribution in [3.8, 4) is 11.5 Å². The van der Waals surface area contributed by atoms with Crippen LogP contribution in [0.1, 0.15) is 177 Å². The first-order chi connectivity index (χ1) is 65.1. The van der Waals surface area contributed by atoms with E-state index in [0.29, 0.717) is 48.2 Å². The minimum absolute atomic E-state index is 0. The summed E-state index contributed by atoms with van der Waals surface area (Å²) in [5, 5.41) is 44.5. The van der Waals surface area contributed by atoms with E-state index in [4.69, 9.17) is 47.1 Å². The summed E-state index contributed by atoms with van der Waals surface area (Å²) in [7, 11) is 3.41. The number of hydrogen-bond donors (Lipinski definition) is 11. The number of likely N-dealkylation sites (N-methyl/N-ethyl adjacent to an activating group) is 2. The predicted molar refractivity (Wildman–Crippen MR) is 511 cm³/mol. The Bertz CT molecular complexity index is 5940. The van der Waals surface area contributed by atoms with Crippen molar-refractivity contribution < 1.29 is 111 Å². The Morgan fingerprint density at radius 2 is 0.870 bits per heavy atom. The summed E-state index contributed by atoms with van der Waals surface area (Å²) in [4.78, 5) is 128. The Morgan fingerprint density at radius 1 is 0.493 bits per heavy atom. The first kappa shape index (κ1) is 107. The first-order valence-corrected chi connectivity index (χ1v) is 44.6. The predicted octanol–water partition coefficient (Wildman–Crippen LogP) is 8.52. The van der Waals surface area contributed by atoms with E-state index >= 15 is 0 Å². The number of benzene rings is 8. The summed E-state index contributed by atoms with van der Waals surface area (Å²) in [6.07, 6.45) is 15.7. The van der Waals surface area contributed by atoms with Crippen LogP contribution in [0.5, 0.6) is 11.5 Å². The van der Waals surface area contributed by atoms with Gasteiger partial charge in [0.15, 0.2) is 0 Å². The molecule has 138 heavy (non-hydrogen) atoms. The zero-order chi connectivity index (χ0) is 96.5. The van der Waals surface area contributed by atoms with Gasteiger partial charge in [0, 0.05) is 25.1 Å². The Morgan fingerprint density at radius 3 is 1.28 bits per heavy atom. The van der Waals surface area contributed by atoms with Crippen molar-refractivity contribution in [2.75, 3.05) is 63.5 Å². The number of rotatable bonds is 21. The molecule has 0 bridgehead atoms. The summed E-state index contributed by atoms with van der Waals surface area (Å²) in [6.45, 7) is 8.28. The topological polar surface area (TPSA) is 537 Å². The summed E-state index contributed by atoms with van der Waals surface area (Å²) >= 11 is 0. The average Bonchev–Trinajstić information content (AvgIpc) is 1.58. The van der Waals surface area contributed by atoms with E-state index in [1.54, 1.807) is 46.7 Å². The second-order valence-electron chi connectivity index (χ2n) is 33.2. The van der Waals surface area contributed by atoms with Crippen LogP contribution in [0.25, 0.3) is 0 Å². The van der Waals surface area contributed by atoms with Gasteiger partial charge in [-0.1, -0.05) is 224 Å². The van der Waals surface area contributed by atoms with Gasteiger partial charge in [-0.25, -0.2) is 40.4 Å². The maximum Gasteiger partial charge on any atom is 1.00 e. The molecule has 2 aliphatic heterocycles. The molecule has 0 saturated heterocycles. The SMILES string of the molecule is CCOC(=N)C(=O)OCC.CCOC(=O)/C(N)=N\NC(=O)C1(c2ccccc2)CC1.CCOC(=O)c1n[nH]c(C2(c3ccccc3)CC2)n1.CN1C(=O)[C@@H](N)COc2ccccc21.CN1C(=O)[C@@H](NC(=O)C2=CC=C(C3(c4ccccc4)CC3)C2)COc2ccccc21.Cl.NNC(=O)C1(c2ccccc2)CC1.O=C(O)C1(c2ccccc2)CC1.O=C(O)c1n[nH]c(C2(c3ccccc3)CC2)n1.[Li+].[OH-]. The van der Waals surface area contributed by atoms with Gasteiger partial charge in [0.05, 0.1) is 64.9 Å². The number of nitrogens with two attached hydrogens (primary N) is 3. The molecule has 37 heteroatoms. The third-order valence-electron chi connectivity index (χ3n) is 24.5. The molecule has 10 aromatic rings. The van der Waals surface area contributed by atoms with Gasteiger partial charge in [0.25, 0.3) is 29.4 Å². The van der Waals surface area contributed by atoms with Crippen LogP contribution in [0.4, 0.5) is 11.4 Å². The quantitative estimate of drug-likeness (QED) is 0.00469. The number of carboxylic acids is 2. The number of carboxylic acid groups (broad SMARTS) is 2. The molecule has 2 aromatic heterocycles. The van der Waals surface area contributed by atoms with E-state index in [0.717, 1.165) is 111 Å². The van der Waals surface area contributed by atoms with Crippen LogP contribution in [0.2, 0.25) is 0 Å². The summed E-state index contributed by atoms with van der Waals surface area (Å²) < 4.78 is 29.8. The number of hydrogen-bond acceptors (Lipinski definition) is 25. The third-order valence-corrected chi connectivity index (χ3v) is 24.5.